The quantitative estimate of drug-likeness (QED) is 0.894. The van der Waals surface area contributed by atoms with Crippen LogP contribution in [0.2, 0.25) is 0 Å². The van der Waals surface area contributed by atoms with Crippen LogP contribution in [0, 0.1) is 0 Å². The molecule has 0 aromatic heterocycles. The fourth-order valence-electron chi connectivity index (χ4n) is 2.72. The summed E-state index contributed by atoms with van der Waals surface area (Å²) in [6.45, 7) is 6.26. The van der Waals surface area contributed by atoms with Gasteiger partial charge in [-0.1, -0.05) is 19.1 Å². The first-order valence-electron chi connectivity index (χ1n) is 7.66. The Morgan fingerprint density at radius 2 is 2.00 bits per heavy atom. The van der Waals surface area contributed by atoms with Crippen LogP contribution in [-0.2, 0) is 11.3 Å². The Labute approximate surface area is 123 Å². The zero-order chi connectivity index (χ0) is 14.6. The van der Waals surface area contributed by atoms with Crippen molar-refractivity contribution in [3.8, 4) is 0 Å². The van der Waals surface area contributed by atoms with Crippen molar-refractivity contribution in [2.45, 2.75) is 51.3 Å². The van der Waals surface area contributed by atoms with Gasteiger partial charge in [0, 0.05) is 39.0 Å². The molecule has 0 bridgehead atoms. The largest absolute Gasteiger partial charge is 0.378 e. The van der Waals surface area contributed by atoms with Gasteiger partial charge < -0.3 is 15.0 Å². The van der Waals surface area contributed by atoms with Gasteiger partial charge in [0.05, 0.1) is 5.60 Å². The Morgan fingerprint density at radius 1 is 1.30 bits per heavy atom. The molecule has 1 aliphatic heterocycles. The van der Waals surface area contributed by atoms with Gasteiger partial charge in [-0.25, -0.2) is 0 Å². The minimum Gasteiger partial charge on any atom is -0.378 e. The molecule has 2 atom stereocenters. The van der Waals surface area contributed by atoms with E-state index < -0.39 is 0 Å². The predicted octanol–water partition coefficient (Wildman–Crippen LogP) is 3.19. The van der Waals surface area contributed by atoms with E-state index in [9.17, 15) is 0 Å². The van der Waals surface area contributed by atoms with Gasteiger partial charge in [-0.15, -0.1) is 0 Å². The van der Waals surface area contributed by atoms with Crippen LogP contribution in [0.5, 0.6) is 0 Å². The number of hydrogen-bond acceptors (Lipinski definition) is 3. The summed E-state index contributed by atoms with van der Waals surface area (Å²) in [6, 6.07) is 9.34. The third-order valence-corrected chi connectivity index (χ3v) is 4.39. The molecule has 112 valence electrons. The zero-order valence-corrected chi connectivity index (χ0v) is 13.3. The van der Waals surface area contributed by atoms with Gasteiger partial charge in [0.2, 0.25) is 0 Å². The van der Waals surface area contributed by atoms with Crippen molar-refractivity contribution in [1.82, 2.24) is 5.32 Å². The van der Waals surface area contributed by atoms with Crippen molar-refractivity contribution < 1.29 is 4.74 Å². The Morgan fingerprint density at radius 3 is 2.60 bits per heavy atom. The maximum absolute atomic E-state index is 5.89. The van der Waals surface area contributed by atoms with Crippen molar-refractivity contribution in [3.05, 3.63) is 29.8 Å². The molecule has 1 N–H and O–H groups in total. The van der Waals surface area contributed by atoms with Crippen LogP contribution in [0.3, 0.4) is 0 Å². The van der Waals surface area contributed by atoms with E-state index in [-0.39, 0.29) is 5.60 Å². The molecule has 0 aliphatic carbocycles. The monoisotopic (exact) mass is 276 g/mol. The maximum Gasteiger partial charge on any atom is 0.0666 e. The normalized spacial score (nSPS) is 26.5. The standard InChI is InChI=1S/C17H28N2O/c1-5-17(2)12-15(10-11-20-17)18-13-14-6-8-16(9-7-14)19(3)4/h6-9,15,18H,5,10-13H2,1-4H3. The Hall–Kier alpha value is -1.06. The molecule has 1 heterocycles. The summed E-state index contributed by atoms with van der Waals surface area (Å²) in [4.78, 5) is 2.13. The second-order valence-corrected chi connectivity index (χ2v) is 6.28. The molecule has 1 fully saturated rings. The van der Waals surface area contributed by atoms with E-state index in [0.717, 1.165) is 32.4 Å². The van der Waals surface area contributed by atoms with Gasteiger partial charge in [0.1, 0.15) is 0 Å². The van der Waals surface area contributed by atoms with Crippen LogP contribution < -0.4 is 10.2 Å². The first-order valence-corrected chi connectivity index (χ1v) is 7.66. The first kappa shape index (κ1) is 15.3. The average Bonchev–Trinajstić information content (AvgIpc) is 2.46. The Bertz CT molecular complexity index is 416. The Balaban J connectivity index is 1.85. The zero-order valence-electron chi connectivity index (χ0n) is 13.3. The maximum atomic E-state index is 5.89. The minimum atomic E-state index is 0.0602. The Kier molecular flexibility index (Phi) is 5.06. The molecule has 2 unspecified atom stereocenters. The fourth-order valence-corrected chi connectivity index (χ4v) is 2.72. The van der Waals surface area contributed by atoms with E-state index in [1.165, 1.54) is 11.3 Å². The molecule has 1 aromatic rings. The van der Waals surface area contributed by atoms with Crippen LogP contribution in [0.1, 0.15) is 38.7 Å². The molecule has 0 amide bonds. The number of anilines is 1. The summed E-state index contributed by atoms with van der Waals surface area (Å²) in [5.74, 6) is 0. The lowest BCUT2D eigenvalue weighted by Crippen LogP contribution is -2.44. The van der Waals surface area contributed by atoms with E-state index in [1.54, 1.807) is 0 Å². The molecule has 1 aliphatic rings. The molecule has 0 spiro atoms. The van der Waals surface area contributed by atoms with Gasteiger partial charge in [0.15, 0.2) is 0 Å². The van der Waals surface area contributed by atoms with Crippen molar-refractivity contribution in [2.24, 2.45) is 0 Å². The molecule has 20 heavy (non-hydrogen) atoms. The molecule has 3 heteroatoms. The lowest BCUT2D eigenvalue weighted by molar-refractivity contribution is -0.0781. The highest BCUT2D eigenvalue weighted by atomic mass is 16.5. The second kappa shape index (κ2) is 6.59. The molecule has 0 saturated carbocycles. The number of hydrogen-bond donors (Lipinski definition) is 1. The van der Waals surface area contributed by atoms with Gasteiger partial charge in [0.25, 0.3) is 0 Å². The summed E-state index contributed by atoms with van der Waals surface area (Å²) < 4.78 is 5.89. The highest BCUT2D eigenvalue weighted by molar-refractivity contribution is 5.45. The lowest BCUT2D eigenvalue weighted by Gasteiger charge is -2.38. The predicted molar refractivity (Wildman–Crippen MR) is 85.3 cm³/mol. The molecular formula is C17H28N2O. The van der Waals surface area contributed by atoms with Gasteiger partial charge >= 0.3 is 0 Å². The van der Waals surface area contributed by atoms with E-state index >= 15 is 0 Å². The number of benzene rings is 1. The molecule has 1 saturated heterocycles. The lowest BCUT2D eigenvalue weighted by atomic mass is 9.90. The first-order chi connectivity index (χ1) is 9.52. The molecule has 3 nitrogen and oxygen atoms in total. The van der Waals surface area contributed by atoms with Gasteiger partial charge in [-0.2, -0.15) is 0 Å². The van der Waals surface area contributed by atoms with Crippen molar-refractivity contribution in [1.29, 1.82) is 0 Å². The summed E-state index contributed by atoms with van der Waals surface area (Å²) in [5, 5.41) is 3.68. The minimum absolute atomic E-state index is 0.0602. The molecule has 0 radical (unpaired) electrons. The number of rotatable bonds is 5. The van der Waals surface area contributed by atoms with Crippen LogP contribution >= 0.6 is 0 Å². The summed E-state index contributed by atoms with van der Waals surface area (Å²) in [7, 11) is 4.14. The smallest absolute Gasteiger partial charge is 0.0666 e. The van der Waals surface area contributed by atoms with E-state index in [1.807, 2.05) is 0 Å². The van der Waals surface area contributed by atoms with E-state index in [2.05, 4.69) is 62.4 Å². The van der Waals surface area contributed by atoms with Crippen LogP contribution in [0.25, 0.3) is 0 Å². The SMILES string of the molecule is CCC1(C)CC(NCc2ccc(N(C)C)cc2)CCO1. The molecular weight excluding hydrogens is 248 g/mol. The molecule has 2 rings (SSSR count). The van der Waals surface area contributed by atoms with Crippen molar-refractivity contribution in [3.63, 3.8) is 0 Å². The van der Waals surface area contributed by atoms with Crippen LogP contribution in [0.15, 0.2) is 24.3 Å². The second-order valence-electron chi connectivity index (χ2n) is 6.28. The summed E-state index contributed by atoms with van der Waals surface area (Å²) in [6.07, 6.45) is 3.31. The number of nitrogens with one attached hydrogen (secondary N) is 1. The van der Waals surface area contributed by atoms with Crippen LogP contribution in [0.4, 0.5) is 5.69 Å². The topological polar surface area (TPSA) is 24.5 Å². The third kappa shape index (κ3) is 3.97. The number of ether oxygens (including phenoxy) is 1. The number of nitrogens with zero attached hydrogens (tertiary/aromatic N) is 1. The van der Waals surface area contributed by atoms with Gasteiger partial charge in [-0.05, 0) is 43.9 Å². The highest BCUT2D eigenvalue weighted by Crippen LogP contribution is 2.27. The van der Waals surface area contributed by atoms with Crippen molar-refractivity contribution in [2.75, 3.05) is 25.6 Å². The van der Waals surface area contributed by atoms with Crippen LogP contribution in [-0.4, -0.2) is 32.3 Å². The van der Waals surface area contributed by atoms with Crippen molar-refractivity contribution >= 4 is 5.69 Å². The van der Waals surface area contributed by atoms with E-state index in [4.69, 9.17) is 4.74 Å². The highest BCUT2D eigenvalue weighted by Gasteiger charge is 2.31. The van der Waals surface area contributed by atoms with E-state index in [0.29, 0.717) is 6.04 Å². The average molecular weight is 276 g/mol. The molecule has 1 aromatic carbocycles. The third-order valence-electron chi connectivity index (χ3n) is 4.39. The fraction of sp³-hybridized carbons (Fsp3) is 0.647. The van der Waals surface area contributed by atoms with Gasteiger partial charge in [-0.3, -0.25) is 0 Å². The summed E-state index contributed by atoms with van der Waals surface area (Å²) in [5.41, 5.74) is 2.66. The summed E-state index contributed by atoms with van der Waals surface area (Å²) >= 11 is 0.